The van der Waals surface area contributed by atoms with E-state index in [9.17, 15) is 5.26 Å². The summed E-state index contributed by atoms with van der Waals surface area (Å²) in [5.74, 6) is 0. The van der Waals surface area contributed by atoms with Crippen LogP contribution in [-0.2, 0) is 11.3 Å². The second-order valence-corrected chi connectivity index (χ2v) is 4.81. The van der Waals surface area contributed by atoms with Gasteiger partial charge in [-0.05, 0) is 18.4 Å². The molecular weight excluding hydrogens is 208 g/mol. The van der Waals surface area contributed by atoms with E-state index in [0.29, 0.717) is 6.61 Å². The van der Waals surface area contributed by atoms with Crippen molar-refractivity contribution in [2.24, 2.45) is 0 Å². The summed E-state index contributed by atoms with van der Waals surface area (Å²) in [6.07, 6.45) is 0.748. The Hall–Kier alpha value is -0.890. The molecule has 0 saturated carbocycles. The first kappa shape index (κ1) is 10.6. The second kappa shape index (κ2) is 4.31. The number of hydrogen-bond donors (Lipinski definition) is 1. The molecule has 1 aromatic heterocycles. The SMILES string of the molecule is CC1OCCC1(C#N)NCc1cccs1. The highest BCUT2D eigenvalue weighted by molar-refractivity contribution is 7.09. The Morgan fingerprint density at radius 2 is 2.67 bits per heavy atom. The van der Waals surface area contributed by atoms with E-state index in [1.54, 1.807) is 11.3 Å². The lowest BCUT2D eigenvalue weighted by Gasteiger charge is -2.25. The van der Waals surface area contributed by atoms with Gasteiger partial charge < -0.3 is 4.74 Å². The van der Waals surface area contributed by atoms with Crippen LogP contribution < -0.4 is 5.32 Å². The molecule has 0 amide bonds. The van der Waals surface area contributed by atoms with Crippen molar-refractivity contribution in [2.75, 3.05) is 6.61 Å². The molecule has 1 saturated heterocycles. The van der Waals surface area contributed by atoms with Crippen LogP contribution in [0, 0.1) is 11.3 Å². The highest BCUT2D eigenvalue weighted by Crippen LogP contribution is 2.25. The van der Waals surface area contributed by atoms with E-state index in [1.165, 1.54) is 4.88 Å². The molecule has 0 aliphatic carbocycles. The topological polar surface area (TPSA) is 45.0 Å². The maximum atomic E-state index is 9.23. The fraction of sp³-hybridized carbons (Fsp3) is 0.545. The van der Waals surface area contributed by atoms with Crippen LogP contribution in [0.5, 0.6) is 0 Å². The highest BCUT2D eigenvalue weighted by atomic mass is 32.1. The van der Waals surface area contributed by atoms with E-state index in [4.69, 9.17) is 4.74 Å². The molecule has 80 valence electrons. The molecule has 1 fully saturated rings. The van der Waals surface area contributed by atoms with Crippen molar-refractivity contribution in [3.05, 3.63) is 22.4 Å². The van der Waals surface area contributed by atoms with Gasteiger partial charge in [-0.25, -0.2) is 0 Å². The molecule has 3 nitrogen and oxygen atoms in total. The lowest BCUT2D eigenvalue weighted by Crippen LogP contribution is -2.48. The molecule has 1 aliphatic heterocycles. The lowest BCUT2D eigenvalue weighted by molar-refractivity contribution is 0.0984. The Labute approximate surface area is 93.7 Å². The number of nitrogens with zero attached hydrogens (tertiary/aromatic N) is 1. The van der Waals surface area contributed by atoms with Crippen LogP contribution in [-0.4, -0.2) is 18.2 Å². The van der Waals surface area contributed by atoms with Crippen LogP contribution in [0.4, 0.5) is 0 Å². The van der Waals surface area contributed by atoms with Crippen molar-refractivity contribution in [1.29, 1.82) is 5.26 Å². The third-order valence-electron chi connectivity index (χ3n) is 2.92. The number of nitriles is 1. The molecule has 0 bridgehead atoms. The molecule has 4 heteroatoms. The average molecular weight is 222 g/mol. The first-order chi connectivity index (χ1) is 7.27. The first-order valence-corrected chi connectivity index (χ1v) is 5.95. The van der Waals surface area contributed by atoms with Crippen LogP contribution in [0.3, 0.4) is 0 Å². The zero-order chi connectivity index (χ0) is 10.7. The minimum atomic E-state index is -0.496. The second-order valence-electron chi connectivity index (χ2n) is 3.78. The van der Waals surface area contributed by atoms with E-state index in [2.05, 4.69) is 17.5 Å². The maximum Gasteiger partial charge on any atom is 0.135 e. The van der Waals surface area contributed by atoms with Crippen molar-refractivity contribution >= 4 is 11.3 Å². The normalized spacial score (nSPS) is 30.3. The minimum Gasteiger partial charge on any atom is -0.375 e. The van der Waals surface area contributed by atoms with Gasteiger partial charge in [0.2, 0.25) is 0 Å². The third-order valence-corrected chi connectivity index (χ3v) is 3.79. The largest absolute Gasteiger partial charge is 0.375 e. The molecule has 1 aromatic rings. The molecule has 2 heterocycles. The molecule has 2 unspecified atom stereocenters. The molecule has 0 radical (unpaired) electrons. The van der Waals surface area contributed by atoms with Crippen molar-refractivity contribution in [3.8, 4) is 6.07 Å². The van der Waals surface area contributed by atoms with Gasteiger partial charge in [0.05, 0.1) is 12.2 Å². The summed E-state index contributed by atoms with van der Waals surface area (Å²) >= 11 is 1.70. The number of thiophene rings is 1. The van der Waals surface area contributed by atoms with Crippen molar-refractivity contribution in [3.63, 3.8) is 0 Å². The average Bonchev–Trinajstić information content (AvgIpc) is 2.85. The molecule has 2 atom stereocenters. The van der Waals surface area contributed by atoms with Crippen molar-refractivity contribution in [1.82, 2.24) is 5.32 Å². The third kappa shape index (κ3) is 2.05. The summed E-state index contributed by atoms with van der Waals surface area (Å²) in [5.41, 5.74) is -0.496. The predicted octanol–water partition coefficient (Wildman–Crippen LogP) is 1.91. The highest BCUT2D eigenvalue weighted by Gasteiger charge is 2.41. The monoisotopic (exact) mass is 222 g/mol. The molecule has 1 aliphatic rings. The Bertz CT molecular complexity index is 357. The zero-order valence-electron chi connectivity index (χ0n) is 8.69. The fourth-order valence-electron chi connectivity index (χ4n) is 1.82. The first-order valence-electron chi connectivity index (χ1n) is 5.07. The number of nitrogens with one attached hydrogen (secondary N) is 1. The van der Waals surface area contributed by atoms with Gasteiger partial charge in [0.15, 0.2) is 0 Å². The Morgan fingerprint density at radius 1 is 1.80 bits per heavy atom. The molecule has 0 aromatic carbocycles. The fourth-order valence-corrected chi connectivity index (χ4v) is 2.46. The quantitative estimate of drug-likeness (QED) is 0.849. The molecule has 15 heavy (non-hydrogen) atoms. The maximum absolute atomic E-state index is 9.23. The number of hydrogen-bond acceptors (Lipinski definition) is 4. The van der Waals surface area contributed by atoms with Crippen LogP contribution in [0.2, 0.25) is 0 Å². The van der Waals surface area contributed by atoms with Gasteiger partial charge in [-0.1, -0.05) is 6.07 Å². The summed E-state index contributed by atoms with van der Waals surface area (Å²) in [7, 11) is 0. The summed E-state index contributed by atoms with van der Waals surface area (Å²) < 4.78 is 5.45. The smallest absolute Gasteiger partial charge is 0.135 e. The summed E-state index contributed by atoms with van der Waals surface area (Å²) in [6.45, 7) is 3.38. The van der Waals surface area contributed by atoms with Gasteiger partial charge in [-0.2, -0.15) is 5.26 Å². The molecule has 0 spiro atoms. The Morgan fingerprint density at radius 3 is 3.20 bits per heavy atom. The molecule has 1 N–H and O–H groups in total. The van der Waals surface area contributed by atoms with Gasteiger partial charge in [0.1, 0.15) is 5.54 Å². The van der Waals surface area contributed by atoms with Crippen LogP contribution in [0.1, 0.15) is 18.2 Å². The van der Waals surface area contributed by atoms with Gasteiger partial charge in [0.25, 0.3) is 0 Å². The van der Waals surface area contributed by atoms with E-state index in [-0.39, 0.29) is 6.10 Å². The van der Waals surface area contributed by atoms with Crippen molar-refractivity contribution < 1.29 is 4.74 Å². The van der Waals surface area contributed by atoms with E-state index >= 15 is 0 Å². The lowest BCUT2D eigenvalue weighted by atomic mass is 9.94. The van der Waals surface area contributed by atoms with Crippen LogP contribution in [0.15, 0.2) is 17.5 Å². The Kier molecular flexibility index (Phi) is 3.06. The van der Waals surface area contributed by atoms with E-state index in [1.807, 2.05) is 18.4 Å². The summed E-state index contributed by atoms with van der Waals surface area (Å²) in [4.78, 5) is 1.25. The molecular formula is C11H14N2OS. The van der Waals surface area contributed by atoms with Gasteiger partial charge >= 0.3 is 0 Å². The Balaban J connectivity index is 2.00. The number of rotatable bonds is 3. The number of ether oxygens (including phenoxy) is 1. The van der Waals surface area contributed by atoms with E-state index in [0.717, 1.165) is 13.0 Å². The van der Waals surface area contributed by atoms with Crippen LogP contribution in [0.25, 0.3) is 0 Å². The molecule has 2 rings (SSSR count). The summed E-state index contributed by atoms with van der Waals surface area (Å²) in [6, 6.07) is 6.45. The minimum absolute atomic E-state index is 0.0255. The van der Waals surface area contributed by atoms with Gasteiger partial charge in [0, 0.05) is 24.4 Å². The standard InChI is InChI=1S/C11H14N2OS/c1-9-11(8-12,4-5-14-9)13-7-10-3-2-6-15-10/h2-3,6,9,13H,4-5,7H2,1H3. The van der Waals surface area contributed by atoms with E-state index < -0.39 is 5.54 Å². The van der Waals surface area contributed by atoms with Crippen molar-refractivity contribution in [2.45, 2.75) is 31.5 Å². The predicted molar refractivity (Wildman–Crippen MR) is 59.5 cm³/mol. The summed E-state index contributed by atoms with van der Waals surface area (Å²) in [5, 5.41) is 14.6. The van der Waals surface area contributed by atoms with Gasteiger partial charge in [-0.3, -0.25) is 5.32 Å². The zero-order valence-corrected chi connectivity index (χ0v) is 9.51. The van der Waals surface area contributed by atoms with Gasteiger partial charge in [-0.15, -0.1) is 11.3 Å². The van der Waals surface area contributed by atoms with Crippen LogP contribution >= 0.6 is 11.3 Å².